The maximum atomic E-state index is 10.4. The molecule has 1 aromatic heterocycles. The summed E-state index contributed by atoms with van der Waals surface area (Å²) < 4.78 is 2.50. The van der Waals surface area contributed by atoms with Gasteiger partial charge in [0.25, 0.3) is 0 Å². The fourth-order valence-electron chi connectivity index (χ4n) is 4.08. The second kappa shape index (κ2) is 5.42. The Labute approximate surface area is 127 Å². The van der Waals surface area contributed by atoms with Gasteiger partial charge in [0.05, 0.1) is 6.10 Å². The Hall–Kier alpha value is -0.410. The summed E-state index contributed by atoms with van der Waals surface area (Å²) in [7, 11) is 0. The first-order valence-electron chi connectivity index (χ1n) is 7.90. The van der Waals surface area contributed by atoms with Crippen molar-refractivity contribution in [3.8, 4) is 0 Å². The Kier molecular flexibility index (Phi) is 3.93. The third-order valence-corrected chi connectivity index (χ3v) is 6.23. The van der Waals surface area contributed by atoms with Crippen LogP contribution in [0.15, 0.2) is 12.3 Å². The van der Waals surface area contributed by atoms with Crippen LogP contribution >= 0.6 is 11.8 Å². The number of aromatic nitrogens is 1. The zero-order valence-electron chi connectivity index (χ0n) is 12.9. The van der Waals surface area contributed by atoms with Crippen molar-refractivity contribution < 1.29 is 5.11 Å². The van der Waals surface area contributed by atoms with Gasteiger partial charge >= 0.3 is 0 Å². The van der Waals surface area contributed by atoms with E-state index in [1.165, 1.54) is 36.9 Å². The van der Waals surface area contributed by atoms with Crippen LogP contribution in [0.2, 0.25) is 0 Å². The summed E-state index contributed by atoms with van der Waals surface area (Å²) in [6.07, 6.45) is 11.5. The third-order valence-electron chi connectivity index (χ3n) is 5.14. The van der Waals surface area contributed by atoms with E-state index in [1.807, 2.05) is 11.8 Å². The SMILES string of the molecule is CSC1CCCC(n2ccc3c2CC(C)(C)CC3O)C1. The molecule has 1 heterocycles. The monoisotopic (exact) mass is 293 g/mol. The Morgan fingerprint density at radius 3 is 2.90 bits per heavy atom. The molecule has 20 heavy (non-hydrogen) atoms. The minimum Gasteiger partial charge on any atom is -0.388 e. The zero-order chi connectivity index (χ0) is 14.3. The third kappa shape index (κ3) is 2.67. The Balaban J connectivity index is 1.88. The molecule has 3 atom stereocenters. The summed E-state index contributed by atoms with van der Waals surface area (Å²) >= 11 is 2.02. The standard InChI is InChI=1S/C17H27NOS/c1-17(2)10-15-14(16(19)11-17)7-8-18(15)12-5-4-6-13(9-12)20-3/h7-8,12-13,16,19H,4-6,9-11H2,1-3H3. The van der Waals surface area contributed by atoms with Gasteiger partial charge in [-0.2, -0.15) is 11.8 Å². The normalized spacial score (nSPS) is 32.9. The van der Waals surface area contributed by atoms with Gasteiger partial charge in [-0.15, -0.1) is 0 Å². The molecule has 0 aliphatic heterocycles. The number of aliphatic hydroxyl groups is 1. The summed E-state index contributed by atoms with van der Waals surface area (Å²) in [6.45, 7) is 4.56. The molecule has 1 aromatic rings. The molecule has 2 aliphatic carbocycles. The van der Waals surface area contributed by atoms with Crippen molar-refractivity contribution >= 4 is 11.8 Å². The number of hydrogen-bond donors (Lipinski definition) is 1. The molecule has 2 nitrogen and oxygen atoms in total. The van der Waals surface area contributed by atoms with Crippen molar-refractivity contribution in [2.24, 2.45) is 5.41 Å². The lowest BCUT2D eigenvalue weighted by atomic mass is 9.75. The summed E-state index contributed by atoms with van der Waals surface area (Å²) in [5, 5.41) is 11.2. The Morgan fingerprint density at radius 2 is 2.15 bits per heavy atom. The number of nitrogens with zero attached hydrogens (tertiary/aromatic N) is 1. The van der Waals surface area contributed by atoms with Crippen molar-refractivity contribution in [2.75, 3.05) is 6.26 Å². The summed E-state index contributed by atoms with van der Waals surface area (Å²) in [4.78, 5) is 0. The van der Waals surface area contributed by atoms with Gasteiger partial charge in [-0.25, -0.2) is 0 Å². The lowest BCUT2D eigenvalue weighted by Gasteiger charge is -2.36. The molecule has 0 saturated heterocycles. The second-order valence-corrected chi connectivity index (χ2v) is 8.50. The van der Waals surface area contributed by atoms with Crippen LogP contribution in [0, 0.1) is 5.41 Å². The van der Waals surface area contributed by atoms with Gasteiger partial charge in [-0.05, 0) is 49.8 Å². The van der Waals surface area contributed by atoms with E-state index in [2.05, 4.69) is 36.9 Å². The van der Waals surface area contributed by atoms with E-state index in [0.717, 1.165) is 18.1 Å². The smallest absolute Gasteiger partial charge is 0.0812 e. The molecule has 2 aliphatic rings. The van der Waals surface area contributed by atoms with Gasteiger partial charge in [0, 0.05) is 28.7 Å². The van der Waals surface area contributed by atoms with Crippen LogP contribution in [0.1, 0.15) is 69.4 Å². The van der Waals surface area contributed by atoms with Crippen molar-refractivity contribution in [3.05, 3.63) is 23.5 Å². The van der Waals surface area contributed by atoms with Crippen molar-refractivity contribution in [3.63, 3.8) is 0 Å². The minimum atomic E-state index is -0.269. The van der Waals surface area contributed by atoms with Gasteiger partial charge < -0.3 is 9.67 Å². The van der Waals surface area contributed by atoms with Crippen molar-refractivity contribution in [2.45, 2.75) is 69.8 Å². The van der Waals surface area contributed by atoms with Crippen LogP contribution in [0.4, 0.5) is 0 Å². The van der Waals surface area contributed by atoms with Gasteiger partial charge in [0.2, 0.25) is 0 Å². The molecule has 0 bridgehead atoms. The van der Waals surface area contributed by atoms with Crippen LogP contribution in [0.5, 0.6) is 0 Å². The first-order chi connectivity index (χ1) is 9.50. The second-order valence-electron chi connectivity index (χ2n) is 7.36. The molecule has 1 saturated carbocycles. The number of hydrogen-bond acceptors (Lipinski definition) is 2. The summed E-state index contributed by atoms with van der Waals surface area (Å²) in [5.41, 5.74) is 2.81. The van der Waals surface area contributed by atoms with E-state index < -0.39 is 0 Å². The zero-order valence-corrected chi connectivity index (χ0v) is 13.7. The Morgan fingerprint density at radius 1 is 1.35 bits per heavy atom. The molecule has 0 amide bonds. The number of thioether (sulfide) groups is 1. The van der Waals surface area contributed by atoms with Crippen LogP contribution in [0.3, 0.4) is 0 Å². The van der Waals surface area contributed by atoms with E-state index in [9.17, 15) is 5.11 Å². The van der Waals surface area contributed by atoms with Crippen molar-refractivity contribution in [1.82, 2.24) is 4.57 Å². The molecule has 1 fully saturated rings. The fourth-order valence-corrected chi connectivity index (χ4v) is 4.90. The number of aliphatic hydroxyl groups excluding tert-OH is 1. The average Bonchev–Trinajstić information content (AvgIpc) is 2.81. The highest BCUT2D eigenvalue weighted by Gasteiger charge is 2.35. The molecule has 1 N–H and O–H groups in total. The highest BCUT2D eigenvalue weighted by molar-refractivity contribution is 7.99. The first kappa shape index (κ1) is 14.5. The maximum Gasteiger partial charge on any atom is 0.0812 e. The molecular formula is C17H27NOS. The molecule has 3 unspecified atom stereocenters. The summed E-state index contributed by atoms with van der Waals surface area (Å²) in [6, 6.07) is 2.81. The minimum absolute atomic E-state index is 0.218. The van der Waals surface area contributed by atoms with Gasteiger partial charge in [0.15, 0.2) is 0 Å². The lowest BCUT2D eigenvalue weighted by molar-refractivity contribution is 0.0970. The summed E-state index contributed by atoms with van der Waals surface area (Å²) in [5.74, 6) is 0. The molecule has 3 heteroatoms. The van der Waals surface area contributed by atoms with Crippen LogP contribution in [0.25, 0.3) is 0 Å². The Bertz CT molecular complexity index is 479. The molecule has 3 rings (SSSR count). The van der Waals surface area contributed by atoms with Gasteiger partial charge in [0.1, 0.15) is 0 Å². The van der Waals surface area contributed by atoms with E-state index in [1.54, 1.807) is 0 Å². The first-order valence-corrected chi connectivity index (χ1v) is 9.19. The maximum absolute atomic E-state index is 10.4. The topological polar surface area (TPSA) is 25.2 Å². The van der Waals surface area contributed by atoms with Crippen molar-refractivity contribution in [1.29, 1.82) is 0 Å². The van der Waals surface area contributed by atoms with E-state index >= 15 is 0 Å². The van der Waals surface area contributed by atoms with E-state index in [-0.39, 0.29) is 11.5 Å². The molecular weight excluding hydrogens is 266 g/mol. The van der Waals surface area contributed by atoms with Crippen LogP contribution < -0.4 is 0 Å². The van der Waals surface area contributed by atoms with Gasteiger partial charge in [-0.1, -0.05) is 20.3 Å². The predicted octanol–water partition coefficient (Wildman–Crippen LogP) is 4.34. The lowest BCUT2D eigenvalue weighted by Crippen LogP contribution is -2.29. The quantitative estimate of drug-likeness (QED) is 0.877. The van der Waals surface area contributed by atoms with E-state index in [4.69, 9.17) is 0 Å². The molecule has 0 radical (unpaired) electrons. The van der Waals surface area contributed by atoms with Crippen LogP contribution in [-0.2, 0) is 6.42 Å². The fraction of sp³-hybridized carbons (Fsp3) is 0.765. The van der Waals surface area contributed by atoms with Gasteiger partial charge in [-0.3, -0.25) is 0 Å². The molecule has 0 aromatic carbocycles. The highest BCUT2D eigenvalue weighted by atomic mass is 32.2. The van der Waals surface area contributed by atoms with E-state index in [0.29, 0.717) is 6.04 Å². The predicted molar refractivity (Wildman–Crippen MR) is 86.3 cm³/mol. The largest absolute Gasteiger partial charge is 0.388 e. The number of fused-ring (bicyclic) bond motifs is 1. The van der Waals surface area contributed by atoms with Crippen LogP contribution in [-0.4, -0.2) is 21.2 Å². The average molecular weight is 293 g/mol. The molecule has 112 valence electrons. The highest BCUT2D eigenvalue weighted by Crippen LogP contribution is 2.44. The number of rotatable bonds is 2. The molecule has 0 spiro atoms.